The maximum Gasteiger partial charge on any atom is 0.164 e. The number of aromatic nitrogens is 3. The molecular formula is C49H31N3O. The van der Waals surface area contributed by atoms with Gasteiger partial charge in [-0.1, -0.05) is 146 Å². The van der Waals surface area contributed by atoms with E-state index in [0.717, 1.165) is 72.5 Å². The third-order valence-electron chi connectivity index (χ3n) is 9.89. The summed E-state index contributed by atoms with van der Waals surface area (Å²) in [6.45, 7) is 0. The van der Waals surface area contributed by atoms with Crippen LogP contribution in [-0.2, 0) is 0 Å². The zero-order valence-electron chi connectivity index (χ0n) is 28.6. The first kappa shape index (κ1) is 30.6. The van der Waals surface area contributed by atoms with E-state index in [-0.39, 0.29) is 0 Å². The van der Waals surface area contributed by atoms with Crippen molar-refractivity contribution in [2.45, 2.75) is 0 Å². The summed E-state index contributed by atoms with van der Waals surface area (Å²) < 4.78 is 6.58. The van der Waals surface area contributed by atoms with E-state index in [1.54, 1.807) is 0 Å². The molecule has 0 spiro atoms. The number of hydrogen-bond donors (Lipinski definition) is 0. The van der Waals surface area contributed by atoms with Gasteiger partial charge in [0.2, 0.25) is 0 Å². The van der Waals surface area contributed by atoms with Gasteiger partial charge in [0.15, 0.2) is 17.5 Å². The van der Waals surface area contributed by atoms with Crippen molar-refractivity contribution in [1.29, 1.82) is 0 Å². The van der Waals surface area contributed by atoms with E-state index in [2.05, 4.69) is 140 Å². The summed E-state index contributed by atoms with van der Waals surface area (Å²) in [6.07, 6.45) is 0. The van der Waals surface area contributed by atoms with Crippen LogP contribution in [0.3, 0.4) is 0 Å². The SMILES string of the molecule is c1ccc(-c2cccc(-c3nc(-c4ccccc4)nc(-c4cc(-c5ccccc5)cc(-c5ccc6c(c5)Oc5cccc7cccc-6c57)c4)n3)c2)cc1. The van der Waals surface area contributed by atoms with Crippen LogP contribution in [0.25, 0.3) is 89.4 Å². The average molecular weight is 678 g/mol. The molecule has 1 aliphatic rings. The zero-order valence-corrected chi connectivity index (χ0v) is 28.6. The van der Waals surface area contributed by atoms with E-state index < -0.39 is 0 Å². The minimum atomic E-state index is 0.604. The number of fused-ring (bicyclic) bond motifs is 2. The molecule has 0 fully saturated rings. The van der Waals surface area contributed by atoms with E-state index in [1.807, 2.05) is 48.5 Å². The second kappa shape index (κ2) is 12.9. The molecule has 0 radical (unpaired) electrons. The Morgan fingerprint density at radius 1 is 0.283 bits per heavy atom. The first-order chi connectivity index (χ1) is 26.2. The van der Waals surface area contributed by atoms with E-state index in [0.29, 0.717) is 17.5 Å². The first-order valence-corrected chi connectivity index (χ1v) is 17.8. The topological polar surface area (TPSA) is 47.9 Å². The normalized spacial score (nSPS) is 11.5. The Balaban J connectivity index is 1.14. The van der Waals surface area contributed by atoms with Gasteiger partial charge in [-0.2, -0.15) is 0 Å². The maximum absolute atomic E-state index is 6.58. The molecule has 0 N–H and O–H groups in total. The van der Waals surface area contributed by atoms with Gasteiger partial charge >= 0.3 is 0 Å². The summed E-state index contributed by atoms with van der Waals surface area (Å²) in [4.78, 5) is 15.3. The van der Waals surface area contributed by atoms with E-state index in [9.17, 15) is 0 Å². The minimum Gasteiger partial charge on any atom is -0.456 e. The van der Waals surface area contributed by atoms with Crippen molar-refractivity contribution in [3.8, 4) is 90.2 Å². The van der Waals surface area contributed by atoms with Crippen LogP contribution in [0.4, 0.5) is 0 Å². The van der Waals surface area contributed by atoms with Crippen molar-refractivity contribution < 1.29 is 4.74 Å². The van der Waals surface area contributed by atoms with E-state index >= 15 is 0 Å². The van der Waals surface area contributed by atoms with Crippen molar-refractivity contribution in [3.63, 3.8) is 0 Å². The Morgan fingerprint density at radius 3 is 1.49 bits per heavy atom. The fourth-order valence-electron chi connectivity index (χ4n) is 7.28. The molecule has 0 unspecified atom stereocenters. The molecule has 2 heterocycles. The highest BCUT2D eigenvalue weighted by atomic mass is 16.5. The molecular weight excluding hydrogens is 647 g/mol. The van der Waals surface area contributed by atoms with Crippen LogP contribution in [0.5, 0.6) is 11.5 Å². The smallest absolute Gasteiger partial charge is 0.164 e. The molecule has 0 aliphatic carbocycles. The molecule has 248 valence electrons. The zero-order chi connectivity index (χ0) is 35.1. The van der Waals surface area contributed by atoms with Gasteiger partial charge in [-0.05, 0) is 86.8 Å². The summed E-state index contributed by atoms with van der Waals surface area (Å²) in [5.74, 6) is 3.56. The third-order valence-corrected chi connectivity index (χ3v) is 9.89. The predicted molar refractivity (Wildman–Crippen MR) is 215 cm³/mol. The van der Waals surface area contributed by atoms with Gasteiger partial charge in [0, 0.05) is 27.6 Å². The number of benzene rings is 8. The van der Waals surface area contributed by atoms with Crippen LogP contribution in [0.15, 0.2) is 188 Å². The van der Waals surface area contributed by atoms with Gasteiger partial charge in [-0.25, -0.2) is 15.0 Å². The summed E-state index contributed by atoms with van der Waals surface area (Å²) in [5.41, 5.74) is 11.5. The molecule has 0 saturated heterocycles. The fourth-order valence-corrected chi connectivity index (χ4v) is 7.28. The number of ether oxygens (including phenoxy) is 1. The molecule has 0 amide bonds. The van der Waals surface area contributed by atoms with Crippen molar-refractivity contribution in [2.75, 3.05) is 0 Å². The number of nitrogens with zero attached hydrogens (tertiary/aromatic N) is 3. The van der Waals surface area contributed by atoms with Gasteiger partial charge in [-0.15, -0.1) is 0 Å². The largest absolute Gasteiger partial charge is 0.456 e. The third kappa shape index (κ3) is 5.73. The maximum atomic E-state index is 6.58. The highest BCUT2D eigenvalue weighted by Gasteiger charge is 2.21. The van der Waals surface area contributed by atoms with Crippen LogP contribution in [0.1, 0.15) is 0 Å². The Labute approximate surface area is 307 Å². The lowest BCUT2D eigenvalue weighted by Crippen LogP contribution is -2.01. The van der Waals surface area contributed by atoms with Crippen LogP contribution in [-0.4, -0.2) is 15.0 Å². The lowest BCUT2D eigenvalue weighted by atomic mass is 9.91. The molecule has 53 heavy (non-hydrogen) atoms. The fraction of sp³-hybridized carbons (Fsp3) is 0. The quantitative estimate of drug-likeness (QED) is 0.176. The molecule has 0 bridgehead atoms. The summed E-state index contributed by atoms with van der Waals surface area (Å²) >= 11 is 0. The molecule has 1 aliphatic heterocycles. The molecule has 0 atom stereocenters. The molecule has 10 rings (SSSR count). The highest BCUT2D eigenvalue weighted by Crippen LogP contribution is 2.48. The summed E-state index contributed by atoms with van der Waals surface area (Å²) in [6, 6.07) is 65.2. The van der Waals surface area contributed by atoms with Crippen molar-refractivity contribution in [2.24, 2.45) is 0 Å². The number of hydrogen-bond acceptors (Lipinski definition) is 4. The summed E-state index contributed by atoms with van der Waals surface area (Å²) in [7, 11) is 0. The predicted octanol–water partition coefficient (Wildman–Crippen LogP) is 12.8. The van der Waals surface area contributed by atoms with Crippen LogP contribution < -0.4 is 4.74 Å². The molecule has 8 aromatic carbocycles. The number of rotatable bonds is 6. The monoisotopic (exact) mass is 677 g/mol. The Kier molecular flexibility index (Phi) is 7.43. The Hall–Kier alpha value is -7.17. The molecule has 1 aromatic heterocycles. The molecule has 9 aromatic rings. The van der Waals surface area contributed by atoms with Gasteiger partial charge in [0.25, 0.3) is 0 Å². The second-order valence-electron chi connectivity index (χ2n) is 13.3. The first-order valence-electron chi connectivity index (χ1n) is 17.8. The van der Waals surface area contributed by atoms with Crippen LogP contribution in [0, 0.1) is 0 Å². The van der Waals surface area contributed by atoms with E-state index in [1.165, 1.54) is 10.9 Å². The van der Waals surface area contributed by atoms with Crippen molar-refractivity contribution in [3.05, 3.63) is 188 Å². The Morgan fingerprint density at radius 2 is 0.774 bits per heavy atom. The minimum absolute atomic E-state index is 0.604. The van der Waals surface area contributed by atoms with Crippen molar-refractivity contribution >= 4 is 10.8 Å². The molecule has 4 nitrogen and oxygen atoms in total. The molecule has 4 heteroatoms. The standard InChI is InChI=1S/C49H31N3O/c1-4-13-32(14-5-1)36-21-10-22-38(27-36)48-50-47(35-17-8-3-9-18-35)51-49(52-48)41-29-39(33-15-6-2-7-16-33)28-40(30-41)37-25-26-42-43-23-11-19-34-20-12-24-44(46(34)43)53-45(42)31-37/h1-31H. The van der Waals surface area contributed by atoms with Gasteiger partial charge in [0.05, 0.1) is 0 Å². The van der Waals surface area contributed by atoms with E-state index in [4.69, 9.17) is 19.7 Å². The Bertz CT molecular complexity index is 2790. The van der Waals surface area contributed by atoms with Gasteiger partial charge in [0.1, 0.15) is 11.5 Å². The second-order valence-corrected chi connectivity index (χ2v) is 13.3. The highest BCUT2D eigenvalue weighted by molar-refractivity contribution is 6.04. The van der Waals surface area contributed by atoms with Crippen LogP contribution in [0.2, 0.25) is 0 Å². The van der Waals surface area contributed by atoms with Gasteiger partial charge < -0.3 is 4.74 Å². The van der Waals surface area contributed by atoms with Gasteiger partial charge in [-0.3, -0.25) is 0 Å². The lowest BCUT2D eigenvalue weighted by Gasteiger charge is -2.22. The van der Waals surface area contributed by atoms with Crippen LogP contribution >= 0.6 is 0 Å². The van der Waals surface area contributed by atoms with Crippen molar-refractivity contribution in [1.82, 2.24) is 15.0 Å². The average Bonchev–Trinajstić information content (AvgIpc) is 3.24. The molecule has 0 saturated carbocycles. The summed E-state index contributed by atoms with van der Waals surface area (Å²) in [5, 5.41) is 2.33. The lowest BCUT2D eigenvalue weighted by molar-refractivity contribution is 0.487.